The quantitative estimate of drug-likeness (QED) is 0.853. The number of hydrogen-bond donors (Lipinski definition) is 0. The number of carbonyl (C=O) groups excluding carboxylic acids is 1. The lowest BCUT2D eigenvalue weighted by Crippen LogP contribution is -2.50. The highest BCUT2D eigenvalue weighted by atomic mass is 16.5. The van der Waals surface area contributed by atoms with Gasteiger partial charge in [-0.3, -0.25) is 4.79 Å². The van der Waals surface area contributed by atoms with Crippen molar-refractivity contribution < 1.29 is 9.53 Å². The summed E-state index contributed by atoms with van der Waals surface area (Å²) in [7, 11) is 4.23. The molecule has 0 saturated carbocycles. The van der Waals surface area contributed by atoms with E-state index < -0.39 is 0 Å². The van der Waals surface area contributed by atoms with E-state index in [1.807, 2.05) is 35.2 Å². The number of nitrogens with zero attached hydrogens (tertiary/aromatic N) is 2. The zero-order chi connectivity index (χ0) is 16.3. The van der Waals surface area contributed by atoms with E-state index in [9.17, 15) is 4.79 Å². The van der Waals surface area contributed by atoms with Gasteiger partial charge in [-0.25, -0.2) is 0 Å². The third-order valence-corrected chi connectivity index (χ3v) is 5.00. The lowest BCUT2D eigenvalue weighted by molar-refractivity contribution is -0.138. The van der Waals surface area contributed by atoms with E-state index in [-0.39, 0.29) is 11.5 Å². The van der Waals surface area contributed by atoms with Crippen molar-refractivity contribution in [1.82, 2.24) is 9.80 Å². The fourth-order valence-corrected chi connectivity index (χ4v) is 4.05. The summed E-state index contributed by atoms with van der Waals surface area (Å²) in [6, 6.07) is 10.0. The zero-order valence-corrected chi connectivity index (χ0v) is 14.3. The standard InChI is InChI=1S/C19H28N2O2/c1-20(2)13-17-12-19(23-14-17)9-6-10-21(15-19)18(22)11-16-7-4-3-5-8-16/h3-5,7-8,17H,6,9-15H2,1-2H3/t17-,19+/m0/s1. The molecule has 0 N–H and O–H groups in total. The zero-order valence-electron chi connectivity index (χ0n) is 14.3. The van der Waals surface area contributed by atoms with Gasteiger partial charge in [0.2, 0.25) is 5.91 Å². The molecule has 4 nitrogen and oxygen atoms in total. The van der Waals surface area contributed by atoms with Crippen LogP contribution >= 0.6 is 0 Å². The van der Waals surface area contributed by atoms with E-state index in [0.29, 0.717) is 12.3 Å². The van der Waals surface area contributed by atoms with Crippen LogP contribution in [0.25, 0.3) is 0 Å². The van der Waals surface area contributed by atoms with Crippen molar-refractivity contribution >= 4 is 5.91 Å². The van der Waals surface area contributed by atoms with Gasteiger partial charge in [0.05, 0.1) is 18.6 Å². The van der Waals surface area contributed by atoms with Crippen molar-refractivity contribution in [2.45, 2.75) is 31.3 Å². The average molecular weight is 316 g/mol. The van der Waals surface area contributed by atoms with E-state index in [0.717, 1.165) is 51.1 Å². The summed E-state index contributed by atoms with van der Waals surface area (Å²) >= 11 is 0. The highest BCUT2D eigenvalue weighted by Crippen LogP contribution is 2.37. The molecule has 2 atom stereocenters. The molecule has 2 aliphatic rings. The average Bonchev–Trinajstić information content (AvgIpc) is 2.89. The molecule has 0 radical (unpaired) electrons. The Kier molecular flexibility index (Phi) is 5.02. The van der Waals surface area contributed by atoms with Crippen molar-refractivity contribution in [2.75, 3.05) is 40.3 Å². The Balaban J connectivity index is 1.59. The number of ether oxygens (including phenoxy) is 1. The number of amides is 1. The molecule has 0 aliphatic carbocycles. The molecular formula is C19H28N2O2. The topological polar surface area (TPSA) is 32.8 Å². The predicted octanol–water partition coefficient (Wildman–Crippen LogP) is 2.19. The fraction of sp³-hybridized carbons (Fsp3) is 0.632. The first-order valence-corrected chi connectivity index (χ1v) is 8.67. The van der Waals surface area contributed by atoms with Crippen molar-refractivity contribution in [2.24, 2.45) is 5.92 Å². The lowest BCUT2D eigenvalue weighted by Gasteiger charge is -2.40. The maximum atomic E-state index is 12.6. The summed E-state index contributed by atoms with van der Waals surface area (Å²) in [6.45, 7) is 3.54. The SMILES string of the molecule is CN(C)C[C@H]1CO[C@]2(CCCN(C(=O)Cc3ccccc3)C2)C1. The van der Waals surface area contributed by atoms with Gasteiger partial charge >= 0.3 is 0 Å². The second-order valence-electron chi connectivity index (χ2n) is 7.41. The van der Waals surface area contributed by atoms with Crippen LogP contribution in [0.15, 0.2) is 30.3 Å². The van der Waals surface area contributed by atoms with E-state index in [2.05, 4.69) is 19.0 Å². The molecule has 4 heteroatoms. The van der Waals surface area contributed by atoms with Gasteiger partial charge < -0.3 is 14.5 Å². The second-order valence-corrected chi connectivity index (χ2v) is 7.41. The van der Waals surface area contributed by atoms with E-state index in [1.165, 1.54) is 0 Å². The largest absolute Gasteiger partial charge is 0.373 e. The number of carbonyl (C=O) groups is 1. The van der Waals surface area contributed by atoms with Crippen LogP contribution in [-0.4, -0.2) is 61.6 Å². The Hall–Kier alpha value is -1.39. The van der Waals surface area contributed by atoms with Gasteiger partial charge in [0.1, 0.15) is 0 Å². The van der Waals surface area contributed by atoms with Gasteiger partial charge in [-0.1, -0.05) is 30.3 Å². The smallest absolute Gasteiger partial charge is 0.227 e. The van der Waals surface area contributed by atoms with E-state index in [4.69, 9.17) is 4.74 Å². The van der Waals surface area contributed by atoms with Crippen LogP contribution in [0.1, 0.15) is 24.8 Å². The minimum Gasteiger partial charge on any atom is -0.373 e. The lowest BCUT2D eigenvalue weighted by atomic mass is 9.86. The molecule has 0 bridgehead atoms. The molecule has 1 spiro atoms. The molecule has 1 amide bonds. The van der Waals surface area contributed by atoms with Crippen molar-refractivity contribution in [3.8, 4) is 0 Å². The van der Waals surface area contributed by atoms with E-state index >= 15 is 0 Å². The van der Waals surface area contributed by atoms with Crippen molar-refractivity contribution in [3.63, 3.8) is 0 Å². The maximum Gasteiger partial charge on any atom is 0.227 e. The van der Waals surface area contributed by atoms with Gasteiger partial charge in [0.15, 0.2) is 0 Å². The molecular weight excluding hydrogens is 288 g/mol. The molecule has 0 unspecified atom stereocenters. The Morgan fingerprint density at radius 2 is 2.13 bits per heavy atom. The van der Waals surface area contributed by atoms with Gasteiger partial charge in [-0.05, 0) is 44.8 Å². The minimum atomic E-state index is -0.0920. The first kappa shape index (κ1) is 16.5. The molecule has 0 aromatic heterocycles. The van der Waals surface area contributed by atoms with Gasteiger partial charge in [-0.15, -0.1) is 0 Å². The summed E-state index contributed by atoms with van der Waals surface area (Å²) in [5, 5.41) is 0. The van der Waals surface area contributed by atoms with Crippen LogP contribution in [0.4, 0.5) is 0 Å². The van der Waals surface area contributed by atoms with Gasteiger partial charge in [0, 0.05) is 19.6 Å². The van der Waals surface area contributed by atoms with Gasteiger partial charge in [-0.2, -0.15) is 0 Å². The first-order valence-electron chi connectivity index (χ1n) is 8.67. The Labute approximate surface area is 139 Å². The van der Waals surface area contributed by atoms with Crippen molar-refractivity contribution in [1.29, 1.82) is 0 Å². The normalized spacial score (nSPS) is 27.8. The Morgan fingerprint density at radius 1 is 1.35 bits per heavy atom. The number of likely N-dealkylation sites (tertiary alicyclic amines) is 1. The predicted molar refractivity (Wildman–Crippen MR) is 91.3 cm³/mol. The summed E-state index contributed by atoms with van der Waals surface area (Å²) in [6.07, 6.45) is 3.72. The third kappa shape index (κ3) is 4.12. The number of hydrogen-bond acceptors (Lipinski definition) is 3. The molecule has 2 saturated heterocycles. The summed E-state index contributed by atoms with van der Waals surface area (Å²) < 4.78 is 6.20. The van der Waals surface area contributed by atoms with E-state index in [1.54, 1.807) is 0 Å². The first-order chi connectivity index (χ1) is 11.1. The number of piperidine rings is 1. The number of benzene rings is 1. The van der Waals surface area contributed by atoms with Crippen LogP contribution in [0.2, 0.25) is 0 Å². The molecule has 2 fully saturated rings. The molecule has 2 heterocycles. The second kappa shape index (κ2) is 7.02. The van der Waals surface area contributed by atoms with Crippen LogP contribution in [0.5, 0.6) is 0 Å². The Bertz CT molecular complexity index is 531. The Morgan fingerprint density at radius 3 is 2.87 bits per heavy atom. The third-order valence-electron chi connectivity index (χ3n) is 5.00. The molecule has 1 aromatic rings. The highest BCUT2D eigenvalue weighted by molar-refractivity contribution is 5.79. The number of rotatable bonds is 4. The molecule has 3 rings (SSSR count). The minimum absolute atomic E-state index is 0.0920. The summed E-state index contributed by atoms with van der Waals surface area (Å²) in [4.78, 5) is 16.9. The molecule has 23 heavy (non-hydrogen) atoms. The van der Waals surface area contributed by atoms with Crippen LogP contribution in [-0.2, 0) is 16.0 Å². The highest BCUT2D eigenvalue weighted by Gasteiger charge is 2.44. The van der Waals surface area contributed by atoms with Crippen LogP contribution in [0.3, 0.4) is 0 Å². The molecule has 126 valence electrons. The summed E-state index contributed by atoms with van der Waals surface area (Å²) in [5.74, 6) is 0.823. The molecule has 2 aliphatic heterocycles. The van der Waals surface area contributed by atoms with Gasteiger partial charge in [0.25, 0.3) is 0 Å². The van der Waals surface area contributed by atoms with Crippen LogP contribution < -0.4 is 0 Å². The molecule has 1 aromatic carbocycles. The maximum absolute atomic E-state index is 12.6. The fourth-order valence-electron chi connectivity index (χ4n) is 4.05. The van der Waals surface area contributed by atoms with Crippen molar-refractivity contribution in [3.05, 3.63) is 35.9 Å². The van der Waals surface area contributed by atoms with Crippen LogP contribution in [0, 0.1) is 5.92 Å². The summed E-state index contributed by atoms with van der Waals surface area (Å²) in [5.41, 5.74) is 1.00. The monoisotopic (exact) mass is 316 g/mol.